The van der Waals surface area contributed by atoms with Crippen LogP contribution in [0.2, 0.25) is 0 Å². The third kappa shape index (κ3) is 8.53. The molecule has 0 radical (unpaired) electrons. The Morgan fingerprint density at radius 2 is 1.49 bits per heavy atom. The van der Waals surface area contributed by atoms with Crippen molar-refractivity contribution in [3.8, 4) is 0 Å². The van der Waals surface area contributed by atoms with Crippen LogP contribution in [0.5, 0.6) is 0 Å². The molecule has 4 aromatic carbocycles. The van der Waals surface area contributed by atoms with E-state index in [2.05, 4.69) is 21.6 Å². The molecule has 0 saturated carbocycles. The van der Waals surface area contributed by atoms with Gasteiger partial charge in [0, 0.05) is 25.1 Å². The molecule has 1 saturated heterocycles. The van der Waals surface area contributed by atoms with Crippen LogP contribution in [0.1, 0.15) is 48.2 Å². The maximum absolute atomic E-state index is 14.0. The Kier molecular flexibility index (Phi) is 12.5. The zero-order chi connectivity index (χ0) is 31.2. The van der Waals surface area contributed by atoms with Gasteiger partial charge in [0.05, 0.1) is 21.6 Å². The largest absolute Gasteiger partial charge is 0.384 e. The molecule has 0 unspecified atom stereocenters. The van der Waals surface area contributed by atoms with Gasteiger partial charge in [0.15, 0.2) is 0 Å². The number of hydrogen-bond donors (Lipinski definition) is 2. The van der Waals surface area contributed by atoms with E-state index in [0.717, 1.165) is 54.0 Å². The fourth-order valence-corrected chi connectivity index (χ4v) is 7.63. The molecule has 0 aliphatic carbocycles. The van der Waals surface area contributed by atoms with Crippen molar-refractivity contribution in [1.29, 1.82) is 5.41 Å². The first-order valence-corrected chi connectivity index (χ1v) is 17.1. The number of halogens is 2. The number of likely N-dealkylation sites (tertiary alicyclic amines) is 1. The summed E-state index contributed by atoms with van der Waals surface area (Å²) >= 11 is 0. The van der Waals surface area contributed by atoms with Gasteiger partial charge in [-0.1, -0.05) is 79.2 Å². The Morgan fingerprint density at radius 3 is 2.15 bits per heavy atom. The van der Waals surface area contributed by atoms with E-state index in [1.807, 2.05) is 66.7 Å². The lowest BCUT2D eigenvalue weighted by Crippen LogP contribution is -2.36. The minimum absolute atomic E-state index is 0. The first-order chi connectivity index (χ1) is 21.9. The maximum atomic E-state index is 14.0. The lowest BCUT2D eigenvalue weighted by Gasteiger charge is -2.29. The van der Waals surface area contributed by atoms with Crippen LogP contribution < -0.4 is 10.0 Å². The summed E-state index contributed by atoms with van der Waals surface area (Å²) in [6, 6.07) is 32.5. The van der Waals surface area contributed by atoms with Crippen molar-refractivity contribution in [2.75, 3.05) is 30.5 Å². The fraction of sp³-hybridized carbons (Fsp3) is 0.278. The van der Waals surface area contributed by atoms with Crippen molar-refractivity contribution in [1.82, 2.24) is 14.5 Å². The Labute approximate surface area is 290 Å². The minimum atomic E-state index is -3.78. The zero-order valence-corrected chi connectivity index (χ0v) is 28.7. The maximum Gasteiger partial charge on any atom is 0.264 e. The Bertz CT molecular complexity index is 1860. The minimum Gasteiger partial charge on any atom is -0.384 e. The second-order valence-electron chi connectivity index (χ2n) is 11.7. The molecule has 3 N–H and O–H groups in total. The second kappa shape index (κ2) is 16.3. The monoisotopic (exact) mass is 692 g/mol. The summed E-state index contributed by atoms with van der Waals surface area (Å²) in [5, 5.41) is 7.72. The van der Waals surface area contributed by atoms with Gasteiger partial charge in [-0.15, -0.1) is 24.8 Å². The number of piperidine rings is 1. The van der Waals surface area contributed by atoms with Crippen molar-refractivity contribution in [3.63, 3.8) is 0 Å². The molecule has 248 valence electrons. The van der Waals surface area contributed by atoms with Crippen LogP contribution in [0.4, 0.5) is 5.69 Å². The number of nitrogens with one attached hydrogen (secondary N) is 1. The van der Waals surface area contributed by atoms with E-state index in [1.54, 1.807) is 28.6 Å². The second-order valence-corrected chi connectivity index (χ2v) is 13.6. The molecular weight excluding hydrogens is 651 g/mol. The van der Waals surface area contributed by atoms with Crippen molar-refractivity contribution in [3.05, 3.63) is 126 Å². The zero-order valence-electron chi connectivity index (χ0n) is 26.3. The van der Waals surface area contributed by atoms with E-state index >= 15 is 0 Å². The average Bonchev–Trinajstić information content (AvgIpc) is 3.40. The highest BCUT2D eigenvalue weighted by atomic mass is 35.5. The van der Waals surface area contributed by atoms with Crippen molar-refractivity contribution < 1.29 is 8.42 Å². The van der Waals surface area contributed by atoms with E-state index in [4.69, 9.17) is 16.1 Å². The van der Waals surface area contributed by atoms with Gasteiger partial charge < -0.3 is 15.2 Å². The lowest BCUT2D eigenvalue weighted by molar-refractivity contribution is 0.228. The summed E-state index contributed by atoms with van der Waals surface area (Å²) in [6.07, 6.45) is 5.01. The third-order valence-electron chi connectivity index (χ3n) is 8.52. The van der Waals surface area contributed by atoms with Gasteiger partial charge in [0.1, 0.15) is 11.7 Å². The number of nitrogen functional groups attached to an aromatic ring is 1. The molecule has 8 nitrogen and oxygen atoms in total. The Morgan fingerprint density at radius 1 is 0.830 bits per heavy atom. The molecule has 2 heterocycles. The van der Waals surface area contributed by atoms with Crippen molar-refractivity contribution in [2.45, 2.75) is 43.5 Å². The summed E-state index contributed by atoms with van der Waals surface area (Å²) in [5.41, 5.74) is 10.9. The molecule has 0 amide bonds. The Hall–Kier alpha value is -3.89. The molecule has 0 bridgehead atoms. The highest BCUT2D eigenvalue weighted by molar-refractivity contribution is 7.92. The predicted molar refractivity (Wildman–Crippen MR) is 196 cm³/mol. The van der Waals surface area contributed by atoms with Crippen LogP contribution >= 0.6 is 24.8 Å². The van der Waals surface area contributed by atoms with Crippen LogP contribution in [0.25, 0.3) is 11.0 Å². The Balaban J connectivity index is 0.00000250. The first-order valence-electron chi connectivity index (χ1n) is 15.6. The number of sulfonamides is 1. The van der Waals surface area contributed by atoms with Gasteiger partial charge >= 0.3 is 0 Å². The number of nitrogens with zero attached hydrogens (tertiary/aromatic N) is 4. The molecule has 47 heavy (non-hydrogen) atoms. The number of rotatable bonds is 12. The number of hydrogen-bond acceptors (Lipinski definition) is 5. The number of imidazole rings is 1. The van der Waals surface area contributed by atoms with Crippen LogP contribution in [0, 0.1) is 5.41 Å². The molecule has 6 rings (SSSR count). The van der Waals surface area contributed by atoms with Gasteiger partial charge in [0.2, 0.25) is 0 Å². The smallest absolute Gasteiger partial charge is 0.264 e. The molecule has 1 aliphatic rings. The molecule has 1 fully saturated rings. The summed E-state index contributed by atoms with van der Waals surface area (Å²) in [7, 11) is -3.78. The number of nitrogens with two attached hydrogens (primary N) is 1. The number of aromatic nitrogens is 2. The van der Waals surface area contributed by atoms with Gasteiger partial charge in [0.25, 0.3) is 10.0 Å². The molecule has 5 aromatic rings. The molecule has 0 atom stereocenters. The quantitative estimate of drug-likeness (QED) is 0.110. The first kappa shape index (κ1) is 36.0. The summed E-state index contributed by atoms with van der Waals surface area (Å²) < 4.78 is 31.9. The third-order valence-corrected chi connectivity index (χ3v) is 10.4. The van der Waals surface area contributed by atoms with E-state index in [1.165, 1.54) is 19.3 Å². The SMILES string of the molecule is Cl.Cl.N=C(N)c1ccc(Cc2nc3cc(N(CCCN4CCCCC4)S(=O)(=O)c4ccccc4)ccc3n2Cc2ccccc2)cc1. The molecule has 0 spiro atoms. The number of benzene rings is 4. The fourth-order valence-electron chi connectivity index (χ4n) is 6.11. The molecular formula is C36H42Cl2N6O2S. The normalized spacial score (nSPS) is 13.4. The standard InChI is InChI=1S/C36H40N6O2S.2ClH/c37-36(38)30-17-15-28(16-18-30)25-35-39-33-26-31(19-20-34(33)41(35)27-29-11-4-1-5-12-29)42(24-10-23-40-21-8-3-9-22-40)45(43,44)32-13-6-2-7-14-32;;/h1-2,4-7,11-20,26H,3,8-10,21-25,27H2,(H3,37,38);2*1H. The molecule has 11 heteroatoms. The van der Waals surface area contributed by atoms with Crippen LogP contribution in [0.15, 0.2) is 108 Å². The van der Waals surface area contributed by atoms with Crippen LogP contribution in [-0.4, -0.2) is 54.9 Å². The van der Waals surface area contributed by atoms with E-state index in [0.29, 0.717) is 30.8 Å². The summed E-state index contributed by atoms with van der Waals surface area (Å²) in [4.78, 5) is 7.81. The van der Waals surface area contributed by atoms with Gasteiger partial charge in [-0.05, 0) is 80.4 Å². The number of amidine groups is 1. The highest BCUT2D eigenvalue weighted by Crippen LogP contribution is 2.29. The number of fused-ring (bicyclic) bond motifs is 1. The lowest BCUT2D eigenvalue weighted by atomic mass is 10.1. The van der Waals surface area contributed by atoms with Gasteiger partial charge in [-0.25, -0.2) is 13.4 Å². The predicted octanol–water partition coefficient (Wildman–Crippen LogP) is 6.87. The summed E-state index contributed by atoms with van der Waals surface area (Å²) in [6.45, 7) is 4.06. The van der Waals surface area contributed by atoms with E-state index in [9.17, 15) is 8.42 Å². The van der Waals surface area contributed by atoms with Gasteiger partial charge in [-0.2, -0.15) is 0 Å². The van der Waals surface area contributed by atoms with E-state index < -0.39 is 10.0 Å². The topological polar surface area (TPSA) is 108 Å². The van der Waals surface area contributed by atoms with Crippen LogP contribution in [0.3, 0.4) is 0 Å². The van der Waals surface area contributed by atoms with Crippen molar-refractivity contribution >= 4 is 57.4 Å². The van der Waals surface area contributed by atoms with Gasteiger partial charge in [-0.3, -0.25) is 9.71 Å². The molecule has 1 aliphatic heterocycles. The highest BCUT2D eigenvalue weighted by Gasteiger charge is 2.26. The molecule has 1 aromatic heterocycles. The number of anilines is 1. The van der Waals surface area contributed by atoms with Crippen LogP contribution in [-0.2, 0) is 23.0 Å². The average molecular weight is 694 g/mol. The van der Waals surface area contributed by atoms with Crippen molar-refractivity contribution in [2.24, 2.45) is 5.73 Å². The summed E-state index contributed by atoms with van der Waals surface area (Å²) in [5.74, 6) is 0.917. The van der Waals surface area contributed by atoms with E-state index in [-0.39, 0.29) is 35.5 Å².